The van der Waals surface area contributed by atoms with Gasteiger partial charge in [-0.1, -0.05) is 58.3 Å². The van der Waals surface area contributed by atoms with Crippen molar-refractivity contribution in [2.75, 3.05) is 19.7 Å². The second-order valence-electron chi connectivity index (χ2n) is 7.74. The molecule has 25 heavy (non-hydrogen) atoms. The van der Waals surface area contributed by atoms with Gasteiger partial charge in [-0.2, -0.15) is 0 Å². The molecule has 0 amide bonds. The van der Waals surface area contributed by atoms with E-state index < -0.39 is 0 Å². The number of carbonyl (C=O) groups is 1. The average Bonchev–Trinajstić information content (AvgIpc) is 2.90. The third-order valence-corrected chi connectivity index (χ3v) is 5.27. The number of likely N-dealkylation sites (tertiary alicyclic amines) is 1. The normalized spacial score (nSPS) is 20.9. The minimum atomic E-state index is -0.152. The molecule has 1 aliphatic rings. The standard InChI is InChI=1S/C21H41NO3/c1-3-4-5-6-7-8-9-13-16-25-21(24)14-11-10-12-15-22-18-20(23)17-19(22)2/h19-20,23H,3-18H2,1-2H3. The van der Waals surface area contributed by atoms with Crippen LogP contribution in [0, 0.1) is 0 Å². The summed E-state index contributed by atoms with van der Waals surface area (Å²) < 4.78 is 5.32. The largest absolute Gasteiger partial charge is 0.466 e. The van der Waals surface area contributed by atoms with Gasteiger partial charge < -0.3 is 9.84 Å². The van der Waals surface area contributed by atoms with Gasteiger partial charge in [-0.3, -0.25) is 9.69 Å². The number of aliphatic hydroxyl groups excluding tert-OH is 1. The topological polar surface area (TPSA) is 49.8 Å². The average molecular weight is 356 g/mol. The van der Waals surface area contributed by atoms with Crippen LogP contribution in [-0.4, -0.2) is 47.8 Å². The Balaban J connectivity index is 1.83. The van der Waals surface area contributed by atoms with E-state index in [2.05, 4.69) is 18.7 Å². The Bertz CT molecular complexity index is 335. The molecule has 0 aromatic rings. The second kappa shape index (κ2) is 14.5. The molecule has 148 valence electrons. The van der Waals surface area contributed by atoms with Crippen LogP contribution < -0.4 is 0 Å². The zero-order chi connectivity index (χ0) is 18.3. The minimum Gasteiger partial charge on any atom is -0.466 e. The van der Waals surface area contributed by atoms with Gasteiger partial charge in [-0.15, -0.1) is 0 Å². The summed E-state index contributed by atoms with van der Waals surface area (Å²) in [6.07, 6.45) is 14.5. The smallest absolute Gasteiger partial charge is 0.305 e. The van der Waals surface area contributed by atoms with Crippen LogP contribution in [0.25, 0.3) is 0 Å². The third kappa shape index (κ3) is 11.6. The lowest BCUT2D eigenvalue weighted by Gasteiger charge is -2.20. The van der Waals surface area contributed by atoms with Crippen LogP contribution in [0.15, 0.2) is 0 Å². The summed E-state index contributed by atoms with van der Waals surface area (Å²) in [7, 11) is 0. The first kappa shape index (κ1) is 22.4. The lowest BCUT2D eigenvalue weighted by molar-refractivity contribution is -0.143. The number of unbranched alkanes of at least 4 members (excludes halogenated alkanes) is 9. The predicted octanol–water partition coefficient (Wildman–Crippen LogP) is 4.69. The lowest BCUT2D eigenvalue weighted by atomic mass is 10.1. The van der Waals surface area contributed by atoms with Gasteiger partial charge in [0.2, 0.25) is 0 Å². The Kier molecular flexibility index (Phi) is 13.1. The molecular formula is C21H41NO3. The van der Waals surface area contributed by atoms with Crippen molar-refractivity contribution in [3.05, 3.63) is 0 Å². The van der Waals surface area contributed by atoms with Crippen LogP contribution in [-0.2, 0) is 9.53 Å². The first-order valence-electron chi connectivity index (χ1n) is 10.7. The molecule has 0 saturated carbocycles. The van der Waals surface area contributed by atoms with Crippen LogP contribution in [0.3, 0.4) is 0 Å². The van der Waals surface area contributed by atoms with Gasteiger partial charge in [0.25, 0.3) is 0 Å². The van der Waals surface area contributed by atoms with E-state index in [4.69, 9.17) is 4.74 Å². The Morgan fingerprint density at radius 3 is 2.28 bits per heavy atom. The molecule has 4 nitrogen and oxygen atoms in total. The number of nitrogens with zero attached hydrogens (tertiary/aromatic N) is 1. The van der Waals surface area contributed by atoms with Crippen LogP contribution in [0.1, 0.15) is 97.3 Å². The molecule has 0 bridgehead atoms. The van der Waals surface area contributed by atoms with E-state index in [9.17, 15) is 9.90 Å². The summed E-state index contributed by atoms with van der Waals surface area (Å²) >= 11 is 0. The number of β-amino-alcohol motifs (C(OH)–C–C–N with tert-alkyl or cyclic N) is 1. The first-order chi connectivity index (χ1) is 12.1. The molecular weight excluding hydrogens is 314 g/mol. The van der Waals surface area contributed by atoms with Crippen LogP contribution in [0.4, 0.5) is 0 Å². The molecule has 0 spiro atoms. The molecule has 1 saturated heterocycles. The summed E-state index contributed by atoms with van der Waals surface area (Å²) in [6.45, 7) is 6.86. The lowest BCUT2D eigenvalue weighted by Crippen LogP contribution is -2.28. The summed E-state index contributed by atoms with van der Waals surface area (Å²) in [5.74, 6) is -0.0343. The molecule has 1 rings (SSSR count). The van der Waals surface area contributed by atoms with Crippen LogP contribution in [0.2, 0.25) is 0 Å². The van der Waals surface area contributed by atoms with Crippen molar-refractivity contribution in [2.24, 2.45) is 0 Å². The quantitative estimate of drug-likeness (QED) is 0.342. The fourth-order valence-corrected chi connectivity index (χ4v) is 3.63. The zero-order valence-corrected chi connectivity index (χ0v) is 16.7. The van der Waals surface area contributed by atoms with Crippen molar-refractivity contribution >= 4 is 5.97 Å². The fourth-order valence-electron chi connectivity index (χ4n) is 3.63. The van der Waals surface area contributed by atoms with Gasteiger partial charge in [0.05, 0.1) is 12.7 Å². The molecule has 2 atom stereocenters. The number of carbonyl (C=O) groups excluding carboxylic acids is 1. The zero-order valence-electron chi connectivity index (χ0n) is 16.7. The molecule has 0 aromatic carbocycles. The number of aliphatic hydroxyl groups is 1. The summed E-state index contributed by atoms with van der Waals surface area (Å²) in [4.78, 5) is 14.1. The van der Waals surface area contributed by atoms with E-state index in [-0.39, 0.29) is 12.1 Å². The van der Waals surface area contributed by atoms with Crippen molar-refractivity contribution in [1.29, 1.82) is 0 Å². The molecule has 0 radical (unpaired) electrons. The number of esters is 1. The van der Waals surface area contributed by atoms with Crippen molar-refractivity contribution in [3.8, 4) is 0 Å². The van der Waals surface area contributed by atoms with Crippen LogP contribution in [0.5, 0.6) is 0 Å². The summed E-state index contributed by atoms with van der Waals surface area (Å²) in [5.41, 5.74) is 0. The Hall–Kier alpha value is -0.610. The number of hydrogen-bond donors (Lipinski definition) is 1. The van der Waals surface area contributed by atoms with Crippen molar-refractivity contribution < 1.29 is 14.6 Å². The van der Waals surface area contributed by atoms with Gasteiger partial charge in [-0.25, -0.2) is 0 Å². The predicted molar refractivity (Wildman–Crippen MR) is 104 cm³/mol. The SMILES string of the molecule is CCCCCCCCCCOC(=O)CCCCCN1CC(O)CC1C. The van der Waals surface area contributed by atoms with E-state index in [0.29, 0.717) is 19.1 Å². The first-order valence-corrected chi connectivity index (χ1v) is 10.7. The van der Waals surface area contributed by atoms with E-state index >= 15 is 0 Å². The van der Waals surface area contributed by atoms with Gasteiger partial charge in [0.15, 0.2) is 0 Å². The molecule has 4 heteroatoms. The van der Waals surface area contributed by atoms with E-state index in [1.807, 2.05) is 0 Å². The Morgan fingerprint density at radius 1 is 1.00 bits per heavy atom. The maximum absolute atomic E-state index is 11.7. The molecule has 2 unspecified atom stereocenters. The molecule has 0 aromatic heterocycles. The van der Waals surface area contributed by atoms with Crippen molar-refractivity contribution in [3.63, 3.8) is 0 Å². The minimum absolute atomic E-state index is 0.0343. The Labute approximate surface area is 155 Å². The summed E-state index contributed by atoms with van der Waals surface area (Å²) in [5, 5.41) is 9.63. The highest BCUT2D eigenvalue weighted by atomic mass is 16.5. The highest BCUT2D eigenvalue weighted by Gasteiger charge is 2.26. The highest BCUT2D eigenvalue weighted by molar-refractivity contribution is 5.69. The van der Waals surface area contributed by atoms with E-state index in [1.165, 1.54) is 44.9 Å². The second-order valence-corrected chi connectivity index (χ2v) is 7.74. The molecule has 1 N–H and O–H groups in total. The maximum atomic E-state index is 11.7. The maximum Gasteiger partial charge on any atom is 0.305 e. The highest BCUT2D eigenvalue weighted by Crippen LogP contribution is 2.18. The number of hydrogen-bond acceptors (Lipinski definition) is 4. The van der Waals surface area contributed by atoms with Gasteiger partial charge in [0, 0.05) is 19.0 Å². The summed E-state index contributed by atoms with van der Waals surface area (Å²) in [6, 6.07) is 0.492. The molecule has 1 fully saturated rings. The molecule has 0 aliphatic carbocycles. The van der Waals surface area contributed by atoms with E-state index in [1.54, 1.807) is 0 Å². The fraction of sp³-hybridized carbons (Fsp3) is 0.952. The monoisotopic (exact) mass is 355 g/mol. The van der Waals surface area contributed by atoms with Crippen molar-refractivity contribution in [1.82, 2.24) is 4.90 Å². The molecule has 1 heterocycles. The van der Waals surface area contributed by atoms with Crippen LogP contribution >= 0.6 is 0 Å². The van der Waals surface area contributed by atoms with Crippen molar-refractivity contribution in [2.45, 2.75) is 109 Å². The van der Waals surface area contributed by atoms with Gasteiger partial charge >= 0.3 is 5.97 Å². The Morgan fingerprint density at radius 2 is 1.64 bits per heavy atom. The van der Waals surface area contributed by atoms with Gasteiger partial charge in [-0.05, 0) is 39.2 Å². The van der Waals surface area contributed by atoms with Gasteiger partial charge in [0.1, 0.15) is 0 Å². The molecule has 1 aliphatic heterocycles. The van der Waals surface area contributed by atoms with E-state index in [0.717, 1.165) is 45.2 Å². The number of rotatable bonds is 15. The number of ether oxygens (including phenoxy) is 1. The third-order valence-electron chi connectivity index (χ3n) is 5.27.